The van der Waals surface area contributed by atoms with Gasteiger partial charge in [0.05, 0.1) is 13.7 Å². The summed E-state index contributed by atoms with van der Waals surface area (Å²) in [6.07, 6.45) is 4.11. The fourth-order valence-corrected chi connectivity index (χ4v) is 2.13. The van der Waals surface area contributed by atoms with E-state index in [-0.39, 0.29) is 24.0 Å². The molecule has 5 nitrogen and oxygen atoms in total. The third kappa shape index (κ3) is 6.52. The number of ether oxygens (including phenoxy) is 1. The molecular weight excluding hydrogens is 403 g/mol. The maximum absolute atomic E-state index is 5.24. The molecule has 0 radical (unpaired) electrons. The number of benzene rings is 1. The first-order valence-electron chi connectivity index (χ1n) is 7.47. The van der Waals surface area contributed by atoms with Crippen LogP contribution in [0, 0.1) is 0 Å². The number of hydrogen-bond donors (Lipinski definition) is 2. The van der Waals surface area contributed by atoms with Crippen LogP contribution >= 0.6 is 24.0 Å². The van der Waals surface area contributed by atoms with E-state index >= 15 is 0 Å². The SMILES string of the molecule is CCNC(=NCc1ccn(C)c1)NCc1cccc(OC)c1.I. The number of methoxy groups -OCH3 is 1. The Morgan fingerprint density at radius 1 is 1.22 bits per heavy atom. The van der Waals surface area contributed by atoms with Crippen molar-refractivity contribution in [3.8, 4) is 5.75 Å². The lowest BCUT2D eigenvalue weighted by atomic mass is 10.2. The topological polar surface area (TPSA) is 50.6 Å². The quantitative estimate of drug-likeness (QED) is 0.423. The van der Waals surface area contributed by atoms with E-state index in [4.69, 9.17) is 4.74 Å². The van der Waals surface area contributed by atoms with Crippen LogP contribution in [0.25, 0.3) is 0 Å². The summed E-state index contributed by atoms with van der Waals surface area (Å²) >= 11 is 0. The minimum absolute atomic E-state index is 0. The van der Waals surface area contributed by atoms with Crippen molar-refractivity contribution in [3.05, 3.63) is 53.9 Å². The molecule has 2 rings (SSSR count). The number of nitrogens with one attached hydrogen (secondary N) is 2. The van der Waals surface area contributed by atoms with Crippen LogP contribution in [0.1, 0.15) is 18.1 Å². The minimum atomic E-state index is 0. The van der Waals surface area contributed by atoms with Crippen LogP contribution in [-0.2, 0) is 20.1 Å². The van der Waals surface area contributed by atoms with E-state index in [2.05, 4.69) is 40.9 Å². The monoisotopic (exact) mass is 428 g/mol. The molecule has 2 N–H and O–H groups in total. The number of aliphatic imine (C=N–C) groups is 1. The number of aromatic nitrogens is 1. The van der Waals surface area contributed by atoms with Gasteiger partial charge in [0.25, 0.3) is 0 Å². The highest BCUT2D eigenvalue weighted by Crippen LogP contribution is 2.12. The standard InChI is InChI=1S/C17H24N4O.HI/c1-4-18-17(20-12-15-8-9-21(2)13-15)19-11-14-6-5-7-16(10-14)22-3;/h5-10,13H,4,11-12H2,1-3H3,(H2,18,19,20);1H. The molecule has 2 aromatic rings. The van der Waals surface area contributed by atoms with Crippen molar-refractivity contribution < 1.29 is 4.74 Å². The molecule has 0 atom stereocenters. The summed E-state index contributed by atoms with van der Waals surface area (Å²) in [5, 5.41) is 6.60. The summed E-state index contributed by atoms with van der Waals surface area (Å²) in [5.74, 6) is 1.68. The molecule has 126 valence electrons. The molecule has 0 saturated heterocycles. The number of guanidine groups is 1. The van der Waals surface area contributed by atoms with Crippen molar-refractivity contribution >= 4 is 29.9 Å². The van der Waals surface area contributed by atoms with Gasteiger partial charge in [-0.1, -0.05) is 12.1 Å². The molecule has 0 aliphatic carbocycles. The van der Waals surface area contributed by atoms with Gasteiger partial charge in [0, 0.05) is 32.5 Å². The fraction of sp³-hybridized carbons (Fsp3) is 0.353. The highest BCUT2D eigenvalue weighted by Gasteiger charge is 2.00. The summed E-state index contributed by atoms with van der Waals surface area (Å²) in [6, 6.07) is 10.1. The Kier molecular flexibility index (Phi) is 8.53. The molecule has 23 heavy (non-hydrogen) atoms. The smallest absolute Gasteiger partial charge is 0.191 e. The van der Waals surface area contributed by atoms with Crippen LogP contribution in [0.4, 0.5) is 0 Å². The lowest BCUT2D eigenvalue weighted by Crippen LogP contribution is -2.36. The molecular formula is C17H25IN4O. The van der Waals surface area contributed by atoms with E-state index in [1.54, 1.807) is 7.11 Å². The average molecular weight is 428 g/mol. The van der Waals surface area contributed by atoms with Gasteiger partial charge in [0.1, 0.15) is 5.75 Å². The molecule has 0 fully saturated rings. The van der Waals surface area contributed by atoms with Gasteiger partial charge < -0.3 is 19.9 Å². The number of hydrogen-bond acceptors (Lipinski definition) is 2. The normalized spacial score (nSPS) is 10.8. The molecule has 0 aliphatic rings. The molecule has 0 bridgehead atoms. The Bertz CT molecular complexity index is 625. The Labute approximate surface area is 155 Å². The summed E-state index contributed by atoms with van der Waals surface area (Å²) < 4.78 is 7.27. The number of nitrogens with zero attached hydrogens (tertiary/aromatic N) is 2. The minimum Gasteiger partial charge on any atom is -0.497 e. The zero-order valence-corrected chi connectivity index (χ0v) is 16.2. The Hall–Kier alpha value is -1.70. The second-order valence-electron chi connectivity index (χ2n) is 5.09. The molecule has 0 saturated carbocycles. The molecule has 0 spiro atoms. The second kappa shape index (κ2) is 10.1. The summed E-state index contributed by atoms with van der Waals surface area (Å²) in [6.45, 7) is 4.26. The van der Waals surface area contributed by atoms with Gasteiger partial charge in [0.15, 0.2) is 5.96 Å². The van der Waals surface area contributed by atoms with Crippen LogP contribution in [0.5, 0.6) is 5.75 Å². The van der Waals surface area contributed by atoms with Gasteiger partial charge in [-0.25, -0.2) is 4.99 Å². The van der Waals surface area contributed by atoms with Crippen molar-refractivity contribution in [1.82, 2.24) is 15.2 Å². The highest BCUT2D eigenvalue weighted by atomic mass is 127. The average Bonchev–Trinajstić information content (AvgIpc) is 2.96. The number of aryl methyl sites for hydroxylation is 1. The third-order valence-corrected chi connectivity index (χ3v) is 3.25. The second-order valence-corrected chi connectivity index (χ2v) is 5.09. The van der Waals surface area contributed by atoms with Gasteiger partial charge in [-0.05, 0) is 36.2 Å². The lowest BCUT2D eigenvalue weighted by Gasteiger charge is -2.11. The molecule has 0 unspecified atom stereocenters. The first-order valence-corrected chi connectivity index (χ1v) is 7.47. The number of rotatable bonds is 6. The largest absolute Gasteiger partial charge is 0.497 e. The summed E-state index contributed by atoms with van der Waals surface area (Å²) in [4.78, 5) is 4.60. The van der Waals surface area contributed by atoms with Gasteiger partial charge in [-0.3, -0.25) is 0 Å². The molecule has 1 aromatic carbocycles. The van der Waals surface area contributed by atoms with Gasteiger partial charge in [-0.2, -0.15) is 0 Å². The van der Waals surface area contributed by atoms with E-state index < -0.39 is 0 Å². The van der Waals surface area contributed by atoms with Crippen molar-refractivity contribution in [2.24, 2.45) is 12.0 Å². The first kappa shape index (κ1) is 19.3. The van der Waals surface area contributed by atoms with E-state index in [1.165, 1.54) is 5.56 Å². The van der Waals surface area contributed by atoms with Crippen LogP contribution in [0.2, 0.25) is 0 Å². The Morgan fingerprint density at radius 3 is 2.70 bits per heavy atom. The Morgan fingerprint density at radius 2 is 2.04 bits per heavy atom. The Balaban J connectivity index is 0.00000264. The molecule has 0 amide bonds. The molecule has 1 heterocycles. The first-order chi connectivity index (χ1) is 10.7. The zero-order valence-electron chi connectivity index (χ0n) is 13.9. The predicted molar refractivity (Wildman–Crippen MR) is 105 cm³/mol. The maximum atomic E-state index is 5.24. The lowest BCUT2D eigenvalue weighted by molar-refractivity contribution is 0.414. The van der Waals surface area contributed by atoms with Crippen molar-refractivity contribution in [3.63, 3.8) is 0 Å². The third-order valence-electron chi connectivity index (χ3n) is 3.25. The van der Waals surface area contributed by atoms with Crippen LogP contribution in [0.15, 0.2) is 47.7 Å². The van der Waals surface area contributed by atoms with Crippen molar-refractivity contribution in [2.75, 3.05) is 13.7 Å². The highest BCUT2D eigenvalue weighted by molar-refractivity contribution is 14.0. The van der Waals surface area contributed by atoms with E-state index in [1.807, 2.05) is 36.0 Å². The molecule has 1 aromatic heterocycles. The van der Waals surface area contributed by atoms with Crippen molar-refractivity contribution in [2.45, 2.75) is 20.0 Å². The predicted octanol–water partition coefficient (Wildman–Crippen LogP) is 2.91. The van der Waals surface area contributed by atoms with Gasteiger partial charge in [0.2, 0.25) is 0 Å². The van der Waals surface area contributed by atoms with Crippen LogP contribution in [-0.4, -0.2) is 24.2 Å². The van der Waals surface area contributed by atoms with Gasteiger partial charge >= 0.3 is 0 Å². The number of halogens is 1. The van der Waals surface area contributed by atoms with Crippen LogP contribution < -0.4 is 15.4 Å². The van der Waals surface area contributed by atoms with Gasteiger partial charge in [-0.15, -0.1) is 24.0 Å². The maximum Gasteiger partial charge on any atom is 0.191 e. The molecule has 0 aliphatic heterocycles. The van der Waals surface area contributed by atoms with E-state index in [9.17, 15) is 0 Å². The fourth-order valence-electron chi connectivity index (χ4n) is 2.13. The van der Waals surface area contributed by atoms with Crippen molar-refractivity contribution in [1.29, 1.82) is 0 Å². The summed E-state index contributed by atoms with van der Waals surface area (Å²) in [7, 11) is 3.69. The van der Waals surface area contributed by atoms with Crippen LogP contribution in [0.3, 0.4) is 0 Å². The zero-order chi connectivity index (χ0) is 15.8. The summed E-state index contributed by atoms with van der Waals surface area (Å²) in [5.41, 5.74) is 2.35. The van der Waals surface area contributed by atoms with E-state index in [0.717, 1.165) is 23.8 Å². The van der Waals surface area contributed by atoms with E-state index in [0.29, 0.717) is 13.1 Å². The molecule has 6 heteroatoms.